The summed E-state index contributed by atoms with van der Waals surface area (Å²) in [6, 6.07) is 0.429. The van der Waals surface area contributed by atoms with Gasteiger partial charge in [-0.1, -0.05) is 13.8 Å². The van der Waals surface area contributed by atoms with Crippen LogP contribution in [0.1, 0.15) is 34.1 Å². The lowest BCUT2D eigenvalue weighted by Gasteiger charge is -2.40. The summed E-state index contributed by atoms with van der Waals surface area (Å²) in [5.41, 5.74) is 0. The lowest BCUT2D eigenvalue weighted by Crippen LogP contribution is -2.47. The van der Waals surface area contributed by atoms with E-state index >= 15 is 0 Å². The summed E-state index contributed by atoms with van der Waals surface area (Å²) in [7, 11) is 0. The van der Waals surface area contributed by atoms with Gasteiger partial charge in [-0.05, 0) is 25.2 Å². The van der Waals surface area contributed by atoms with E-state index in [4.69, 9.17) is 0 Å². The molecule has 1 aliphatic rings. The van der Waals surface area contributed by atoms with Crippen molar-refractivity contribution in [2.75, 3.05) is 6.54 Å². The van der Waals surface area contributed by atoms with Crippen molar-refractivity contribution >= 4 is 5.91 Å². The molecule has 0 spiro atoms. The van der Waals surface area contributed by atoms with Crippen molar-refractivity contribution in [2.24, 2.45) is 11.8 Å². The molecule has 2 heteroatoms. The van der Waals surface area contributed by atoms with Gasteiger partial charge in [0.1, 0.15) is 0 Å². The molecule has 3 atom stereocenters. The Hall–Kier alpha value is -0.530. The molecule has 1 aliphatic heterocycles. The molecule has 0 aromatic rings. The van der Waals surface area contributed by atoms with Gasteiger partial charge in [-0.3, -0.25) is 4.79 Å². The van der Waals surface area contributed by atoms with Crippen LogP contribution in [0.3, 0.4) is 0 Å². The van der Waals surface area contributed by atoms with E-state index in [1.165, 1.54) is 6.42 Å². The van der Waals surface area contributed by atoms with Gasteiger partial charge in [0.25, 0.3) is 0 Å². The average Bonchev–Trinajstić information content (AvgIpc) is 1.96. The van der Waals surface area contributed by atoms with Crippen molar-refractivity contribution in [1.29, 1.82) is 0 Å². The van der Waals surface area contributed by atoms with Gasteiger partial charge in [0, 0.05) is 19.5 Å². The molecule has 0 aromatic carbocycles. The SMILES string of the molecule is CC(=O)N1CC(C)CC(C)C1C. The van der Waals surface area contributed by atoms with E-state index in [2.05, 4.69) is 20.8 Å². The fraction of sp³-hybridized carbons (Fsp3) is 0.900. The number of nitrogens with zero attached hydrogens (tertiary/aromatic N) is 1. The Morgan fingerprint density at radius 3 is 2.42 bits per heavy atom. The van der Waals surface area contributed by atoms with Gasteiger partial charge in [0.15, 0.2) is 0 Å². The summed E-state index contributed by atoms with van der Waals surface area (Å²) in [6.45, 7) is 9.22. The van der Waals surface area contributed by atoms with Gasteiger partial charge in [-0.15, -0.1) is 0 Å². The third kappa shape index (κ3) is 1.79. The summed E-state index contributed by atoms with van der Waals surface area (Å²) in [4.78, 5) is 13.2. The highest BCUT2D eigenvalue weighted by Gasteiger charge is 2.29. The minimum Gasteiger partial charge on any atom is -0.340 e. The van der Waals surface area contributed by atoms with Crippen LogP contribution in [0.15, 0.2) is 0 Å². The number of carbonyl (C=O) groups is 1. The molecule has 3 unspecified atom stereocenters. The number of hydrogen-bond donors (Lipinski definition) is 0. The van der Waals surface area contributed by atoms with Gasteiger partial charge in [0.2, 0.25) is 5.91 Å². The lowest BCUT2D eigenvalue weighted by atomic mass is 9.86. The Bertz CT molecular complexity index is 179. The molecule has 0 N–H and O–H groups in total. The summed E-state index contributed by atoms with van der Waals surface area (Å²) >= 11 is 0. The van der Waals surface area contributed by atoms with Crippen LogP contribution in [0.2, 0.25) is 0 Å². The Labute approximate surface area is 74.9 Å². The standard InChI is InChI=1S/C10H19NO/c1-7-5-8(2)9(3)11(6-7)10(4)12/h7-9H,5-6H2,1-4H3. The third-order valence-corrected chi connectivity index (χ3v) is 3.00. The zero-order chi connectivity index (χ0) is 9.30. The smallest absolute Gasteiger partial charge is 0.219 e. The predicted octanol–water partition coefficient (Wildman–Crippen LogP) is 1.90. The highest BCUT2D eigenvalue weighted by molar-refractivity contribution is 5.73. The molecular weight excluding hydrogens is 150 g/mol. The molecule has 0 radical (unpaired) electrons. The van der Waals surface area contributed by atoms with Crippen LogP contribution < -0.4 is 0 Å². The fourth-order valence-corrected chi connectivity index (χ4v) is 2.13. The van der Waals surface area contributed by atoms with Gasteiger partial charge in [0.05, 0.1) is 0 Å². The maximum atomic E-state index is 11.2. The number of likely N-dealkylation sites (tertiary alicyclic amines) is 1. The second kappa shape index (κ2) is 3.46. The normalized spacial score (nSPS) is 36.7. The summed E-state index contributed by atoms with van der Waals surface area (Å²) < 4.78 is 0. The van der Waals surface area contributed by atoms with Gasteiger partial charge in [-0.2, -0.15) is 0 Å². The maximum Gasteiger partial charge on any atom is 0.219 e. The number of carbonyl (C=O) groups excluding carboxylic acids is 1. The molecule has 1 rings (SSSR count). The van der Waals surface area contributed by atoms with Gasteiger partial charge >= 0.3 is 0 Å². The first-order chi connectivity index (χ1) is 5.52. The summed E-state index contributed by atoms with van der Waals surface area (Å²) in [5.74, 6) is 1.54. The highest BCUT2D eigenvalue weighted by Crippen LogP contribution is 2.26. The molecule has 2 nitrogen and oxygen atoms in total. The number of amides is 1. The highest BCUT2D eigenvalue weighted by atomic mass is 16.2. The van der Waals surface area contributed by atoms with Crippen LogP contribution in [0.4, 0.5) is 0 Å². The van der Waals surface area contributed by atoms with Crippen LogP contribution in [0, 0.1) is 11.8 Å². The molecule has 0 bridgehead atoms. The molecule has 0 saturated carbocycles. The zero-order valence-corrected chi connectivity index (χ0v) is 8.50. The van der Waals surface area contributed by atoms with Crippen molar-refractivity contribution in [3.63, 3.8) is 0 Å². The second-order valence-corrected chi connectivity index (χ2v) is 4.23. The van der Waals surface area contributed by atoms with E-state index in [1.54, 1.807) is 6.92 Å². The fourth-order valence-electron chi connectivity index (χ4n) is 2.13. The quantitative estimate of drug-likeness (QED) is 0.542. The van der Waals surface area contributed by atoms with E-state index in [0.717, 1.165) is 6.54 Å². The number of rotatable bonds is 0. The van der Waals surface area contributed by atoms with E-state index in [9.17, 15) is 4.79 Å². The third-order valence-electron chi connectivity index (χ3n) is 3.00. The molecule has 0 aromatic heterocycles. The first-order valence-corrected chi connectivity index (χ1v) is 4.79. The molecule has 1 heterocycles. The topological polar surface area (TPSA) is 20.3 Å². The van der Waals surface area contributed by atoms with E-state index in [0.29, 0.717) is 17.9 Å². The molecule has 1 amide bonds. The van der Waals surface area contributed by atoms with E-state index < -0.39 is 0 Å². The Kier molecular flexibility index (Phi) is 2.76. The summed E-state index contributed by atoms with van der Waals surface area (Å²) in [5, 5.41) is 0. The van der Waals surface area contributed by atoms with Crippen molar-refractivity contribution in [3.8, 4) is 0 Å². The number of hydrogen-bond acceptors (Lipinski definition) is 1. The van der Waals surface area contributed by atoms with Crippen molar-refractivity contribution in [1.82, 2.24) is 4.90 Å². The van der Waals surface area contributed by atoms with Crippen molar-refractivity contribution in [3.05, 3.63) is 0 Å². The van der Waals surface area contributed by atoms with E-state index in [-0.39, 0.29) is 5.91 Å². The second-order valence-electron chi connectivity index (χ2n) is 4.23. The molecular formula is C10H19NO. The predicted molar refractivity (Wildman–Crippen MR) is 49.8 cm³/mol. The molecule has 12 heavy (non-hydrogen) atoms. The van der Waals surface area contributed by atoms with Crippen molar-refractivity contribution in [2.45, 2.75) is 40.2 Å². The van der Waals surface area contributed by atoms with Crippen LogP contribution in [-0.4, -0.2) is 23.4 Å². The van der Waals surface area contributed by atoms with Crippen LogP contribution >= 0.6 is 0 Å². The van der Waals surface area contributed by atoms with Gasteiger partial charge in [-0.25, -0.2) is 0 Å². The lowest BCUT2D eigenvalue weighted by molar-refractivity contribution is -0.134. The Morgan fingerprint density at radius 2 is 1.92 bits per heavy atom. The van der Waals surface area contributed by atoms with E-state index in [1.807, 2.05) is 4.90 Å². The molecule has 0 aliphatic carbocycles. The monoisotopic (exact) mass is 169 g/mol. The first-order valence-electron chi connectivity index (χ1n) is 4.79. The zero-order valence-electron chi connectivity index (χ0n) is 8.50. The van der Waals surface area contributed by atoms with Crippen LogP contribution in [0.5, 0.6) is 0 Å². The molecule has 70 valence electrons. The van der Waals surface area contributed by atoms with Crippen LogP contribution in [0.25, 0.3) is 0 Å². The van der Waals surface area contributed by atoms with Crippen molar-refractivity contribution < 1.29 is 4.79 Å². The largest absolute Gasteiger partial charge is 0.340 e. The first kappa shape index (κ1) is 9.56. The van der Waals surface area contributed by atoms with Crippen LogP contribution in [-0.2, 0) is 4.79 Å². The minimum atomic E-state index is 0.223. The Morgan fingerprint density at radius 1 is 1.33 bits per heavy atom. The average molecular weight is 169 g/mol. The summed E-state index contributed by atoms with van der Waals surface area (Å²) in [6.07, 6.45) is 1.25. The van der Waals surface area contributed by atoms with Gasteiger partial charge < -0.3 is 4.90 Å². The molecule has 1 saturated heterocycles. The number of piperidine rings is 1. The molecule has 1 fully saturated rings. The maximum absolute atomic E-state index is 11.2. The minimum absolute atomic E-state index is 0.223. The Balaban J connectivity index is 2.66.